The fourth-order valence-corrected chi connectivity index (χ4v) is 3.46. The third-order valence-corrected chi connectivity index (χ3v) is 5.12. The molecule has 0 bridgehead atoms. The van der Waals surface area contributed by atoms with E-state index in [4.69, 9.17) is 11.6 Å². The van der Waals surface area contributed by atoms with E-state index in [0.717, 1.165) is 11.1 Å². The van der Waals surface area contributed by atoms with Crippen LogP contribution in [0, 0.1) is 5.82 Å². The van der Waals surface area contributed by atoms with Crippen LogP contribution in [0.4, 0.5) is 4.39 Å². The van der Waals surface area contributed by atoms with E-state index in [1.165, 1.54) is 17.0 Å². The second-order valence-corrected chi connectivity index (χ2v) is 7.38. The zero-order valence-electron chi connectivity index (χ0n) is 16.1. The fraction of sp³-hybridized carbons (Fsp3) is 0.333. The number of hydrazine groups is 1. The molecular weight excluding hydrogens is 395 g/mol. The summed E-state index contributed by atoms with van der Waals surface area (Å²) in [5.41, 5.74) is 7.94. The highest BCUT2D eigenvalue weighted by molar-refractivity contribution is 6.30. The van der Waals surface area contributed by atoms with Crippen LogP contribution in [0.15, 0.2) is 48.5 Å². The summed E-state index contributed by atoms with van der Waals surface area (Å²) in [4.78, 5) is 26.6. The van der Waals surface area contributed by atoms with Crippen LogP contribution in [0.1, 0.15) is 30.5 Å². The average molecular weight is 419 g/mol. The van der Waals surface area contributed by atoms with Gasteiger partial charge in [-0.05, 0) is 48.7 Å². The molecule has 1 aliphatic rings. The molecule has 0 radical (unpaired) electrons. The van der Waals surface area contributed by atoms with Gasteiger partial charge in [-0.3, -0.25) is 9.59 Å². The van der Waals surface area contributed by atoms with Crippen LogP contribution in [0.5, 0.6) is 0 Å². The lowest BCUT2D eigenvalue weighted by molar-refractivity contribution is -0.137. The van der Waals surface area contributed by atoms with E-state index in [9.17, 15) is 14.0 Å². The van der Waals surface area contributed by atoms with E-state index >= 15 is 0 Å². The van der Waals surface area contributed by atoms with Crippen molar-refractivity contribution in [1.29, 1.82) is 0 Å². The minimum Gasteiger partial charge on any atom is -0.350 e. The van der Waals surface area contributed by atoms with Crippen molar-refractivity contribution in [2.24, 2.45) is 0 Å². The quantitative estimate of drug-likeness (QED) is 0.646. The lowest BCUT2D eigenvalue weighted by Crippen LogP contribution is -2.48. The maximum Gasteiger partial charge on any atom is 0.241 e. The van der Waals surface area contributed by atoms with Gasteiger partial charge in [0.15, 0.2) is 0 Å². The maximum absolute atomic E-state index is 12.9. The fourth-order valence-electron chi connectivity index (χ4n) is 3.26. The predicted octanol–water partition coefficient (Wildman–Crippen LogP) is 2.55. The summed E-state index contributed by atoms with van der Waals surface area (Å²) in [6.45, 7) is 2.51. The van der Waals surface area contributed by atoms with Crippen molar-refractivity contribution in [3.8, 4) is 0 Å². The van der Waals surface area contributed by atoms with Gasteiger partial charge in [-0.25, -0.2) is 15.2 Å². The SMILES string of the molecule is CCN(CC(=O)NCc1ccc(F)cc1)C(=O)C1CC(c2cccc(Cl)c2)NN1. The molecule has 1 heterocycles. The van der Waals surface area contributed by atoms with Gasteiger partial charge in [0.1, 0.15) is 11.9 Å². The molecule has 0 aliphatic carbocycles. The molecule has 0 aromatic heterocycles. The zero-order chi connectivity index (χ0) is 20.8. The molecule has 2 atom stereocenters. The minimum absolute atomic E-state index is 0.0312. The summed E-state index contributed by atoms with van der Waals surface area (Å²) in [6, 6.07) is 13.0. The number of hydrogen-bond acceptors (Lipinski definition) is 4. The maximum atomic E-state index is 12.9. The predicted molar refractivity (Wildman–Crippen MR) is 109 cm³/mol. The molecule has 2 unspecified atom stereocenters. The van der Waals surface area contributed by atoms with Crippen molar-refractivity contribution in [2.45, 2.75) is 32.0 Å². The second kappa shape index (κ2) is 9.82. The summed E-state index contributed by atoms with van der Waals surface area (Å²) in [6.07, 6.45) is 0.562. The number of carbonyl (C=O) groups is 2. The van der Waals surface area contributed by atoms with Gasteiger partial charge in [0, 0.05) is 24.2 Å². The average Bonchev–Trinajstić information content (AvgIpc) is 3.21. The summed E-state index contributed by atoms with van der Waals surface area (Å²) in [5, 5.41) is 3.41. The summed E-state index contributed by atoms with van der Waals surface area (Å²) in [7, 11) is 0. The van der Waals surface area contributed by atoms with Crippen molar-refractivity contribution < 1.29 is 14.0 Å². The molecule has 3 N–H and O–H groups in total. The standard InChI is InChI=1S/C21H24ClFN4O2/c1-2-27(13-20(28)24-12-14-6-8-17(23)9-7-14)21(29)19-11-18(25-26-19)15-4-3-5-16(22)10-15/h3-10,18-19,25-26H,2,11-13H2,1H3,(H,24,28). The van der Waals surface area contributed by atoms with E-state index in [1.54, 1.807) is 18.2 Å². The topological polar surface area (TPSA) is 73.5 Å². The normalized spacial score (nSPS) is 18.4. The van der Waals surface area contributed by atoms with Crippen molar-refractivity contribution in [1.82, 2.24) is 21.1 Å². The Kier molecular flexibility index (Phi) is 7.19. The Morgan fingerprint density at radius 3 is 2.66 bits per heavy atom. The van der Waals surface area contributed by atoms with Gasteiger partial charge >= 0.3 is 0 Å². The lowest BCUT2D eigenvalue weighted by Gasteiger charge is -2.23. The van der Waals surface area contributed by atoms with Crippen molar-refractivity contribution in [3.05, 3.63) is 70.5 Å². The number of amides is 2. The summed E-state index contributed by atoms with van der Waals surface area (Å²) in [5.74, 6) is -0.722. The van der Waals surface area contributed by atoms with E-state index in [-0.39, 0.29) is 36.8 Å². The van der Waals surface area contributed by atoms with Gasteiger partial charge in [0.25, 0.3) is 0 Å². The third kappa shape index (κ3) is 5.76. The first-order chi connectivity index (χ1) is 14.0. The molecule has 1 saturated heterocycles. The minimum atomic E-state index is -0.427. The number of benzene rings is 2. The smallest absolute Gasteiger partial charge is 0.241 e. The molecule has 8 heteroatoms. The lowest BCUT2D eigenvalue weighted by atomic mass is 10.0. The van der Waals surface area contributed by atoms with Crippen molar-refractivity contribution in [3.63, 3.8) is 0 Å². The van der Waals surface area contributed by atoms with Crippen LogP contribution in [-0.2, 0) is 16.1 Å². The first-order valence-corrected chi connectivity index (χ1v) is 9.90. The molecule has 154 valence electrons. The van der Waals surface area contributed by atoms with Gasteiger partial charge < -0.3 is 10.2 Å². The highest BCUT2D eigenvalue weighted by Crippen LogP contribution is 2.25. The molecular formula is C21H24ClFN4O2. The van der Waals surface area contributed by atoms with E-state index in [1.807, 2.05) is 25.1 Å². The summed E-state index contributed by atoms with van der Waals surface area (Å²) >= 11 is 6.05. The number of rotatable bonds is 7. The molecule has 2 aromatic carbocycles. The van der Waals surface area contributed by atoms with Crippen LogP contribution >= 0.6 is 11.6 Å². The van der Waals surface area contributed by atoms with Crippen LogP contribution in [0.25, 0.3) is 0 Å². The molecule has 3 rings (SSSR count). The van der Waals surface area contributed by atoms with Crippen molar-refractivity contribution >= 4 is 23.4 Å². The molecule has 1 aliphatic heterocycles. The molecule has 1 fully saturated rings. The van der Waals surface area contributed by atoms with Crippen LogP contribution < -0.4 is 16.2 Å². The van der Waals surface area contributed by atoms with E-state index in [2.05, 4.69) is 16.2 Å². The van der Waals surface area contributed by atoms with Crippen molar-refractivity contribution in [2.75, 3.05) is 13.1 Å². The highest BCUT2D eigenvalue weighted by Gasteiger charge is 2.33. The number of hydrogen-bond donors (Lipinski definition) is 3. The Balaban J connectivity index is 1.52. The second-order valence-electron chi connectivity index (χ2n) is 6.94. The molecule has 2 amide bonds. The number of nitrogens with zero attached hydrogens (tertiary/aromatic N) is 1. The third-order valence-electron chi connectivity index (χ3n) is 4.88. The van der Waals surface area contributed by atoms with Crippen LogP contribution in [0.2, 0.25) is 5.02 Å². The molecule has 0 saturated carbocycles. The van der Waals surface area contributed by atoms with Gasteiger partial charge in [-0.15, -0.1) is 0 Å². The van der Waals surface area contributed by atoms with Crippen LogP contribution in [0.3, 0.4) is 0 Å². The molecule has 29 heavy (non-hydrogen) atoms. The van der Waals surface area contributed by atoms with E-state index < -0.39 is 6.04 Å². The van der Waals surface area contributed by atoms with E-state index in [0.29, 0.717) is 18.0 Å². The highest BCUT2D eigenvalue weighted by atomic mass is 35.5. The number of carbonyl (C=O) groups excluding carboxylic acids is 2. The molecule has 2 aromatic rings. The number of nitrogens with one attached hydrogen (secondary N) is 3. The largest absolute Gasteiger partial charge is 0.350 e. The van der Waals surface area contributed by atoms with Gasteiger partial charge in [-0.2, -0.15) is 0 Å². The van der Waals surface area contributed by atoms with Gasteiger partial charge in [0.05, 0.1) is 6.54 Å². The van der Waals surface area contributed by atoms with Gasteiger partial charge in [0.2, 0.25) is 11.8 Å². The Morgan fingerprint density at radius 1 is 1.21 bits per heavy atom. The molecule has 6 nitrogen and oxygen atoms in total. The Bertz CT molecular complexity index is 862. The first kappa shape index (κ1) is 21.2. The van der Waals surface area contributed by atoms with Gasteiger partial charge in [-0.1, -0.05) is 35.9 Å². The Hall–Kier alpha value is -2.48. The Labute approximate surface area is 174 Å². The number of halogens is 2. The number of likely N-dealkylation sites (N-methyl/N-ethyl adjacent to an activating group) is 1. The Morgan fingerprint density at radius 2 is 1.97 bits per heavy atom. The summed E-state index contributed by atoms with van der Waals surface area (Å²) < 4.78 is 12.9. The molecule has 0 spiro atoms. The first-order valence-electron chi connectivity index (χ1n) is 9.52. The van der Waals surface area contributed by atoms with Crippen LogP contribution in [-0.4, -0.2) is 35.8 Å². The monoisotopic (exact) mass is 418 g/mol. The zero-order valence-corrected chi connectivity index (χ0v) is 16.9.